The first-order chi connectivity index (χ1) is 19.6. The van der Waals surface area contributed by atoms with Gasteiger partial charge < -0.3 is 14.4 Å². The zero-order chi connectivity index (χ0) is 30.5. The highest BCUT2D eigenvalue weighted by Gasteiger charge is 2.52. The smallest absolute Gasteiger partial charge is 0.315 e. The Labute approximate surface area is 246 Å². The number of ether oxygens (including phenoxy) is 2. The van der Waals surface area contributed by atoms with Crippen LogP contribution >= 0.6 is 11.8 Å². The number of nitrogens with zero attached hydrogens (tertiary/aromatic N) is 3. The van der Waals surface area contributed by atoms with Gasteiger partial charge >= 0.3 is 5.97 Å². The van der Waals surface area contributed by atoms with Gasteiger partial charge in [-0.15, -0.1) is 0 Å². The van der Waals surface area contributed by atoms with Crippen molar-refractivity contribution in [3.8, 4) is 5.75 Å². The molecule has 5 rings (SSSR count). The molecule has 2 aromatic rings. The average Bonchev–Trinajstić information content (AvgIpc) is 3.72. The second-order valence-electron chi connectivity index (χ2n) is 11.4. The number of halogens is 4. The molecule has 3 aliphatic rings. The molecule has 1 aromatic heterocycles. The summed E-state index contributed by atoms with van der Waals surface area (Å²) < 4.78 is 95.2. The highest BCUT2D eigenvalue weighted by atomic mass is 32.2. The summed E-state index contributed by atoms with van der Waals surface area (Å²) in [6.45, 7) is 0.732. The fraction of sp³-hybridized carbons (Fsp3) is 0.571. The first-order valence-electron chi connectivity index (χ1n) is 13.6. The Kier molecular flexibility index (Phi) is 8.20. The van der Waals surface area contributed by atoms with Crippen molar-refractivity contribution >= 4 is 39.3 Å². The van der Waals surface area contributed by atoms with Crippen molar-refractivity contribution in [3.05, 3.63) is 36.4 Å². The van der Waals surface area contributed by atoms with Gasteiger partial charge in [0, 0.05) is 55.9 Å². The maximum atomic E-state index is 14.0. The van der Waals surface area contributed by atoms with Crippen molar-refractivity contribution in [2.75, 3.05) is 32.2 Å². The van der Waals surface area contributed by atoms with E-state index in [2.05, 4.69) is 0 Å². The Hall–Kier alpha value is -2.58. The first kappa shape index (κ1) is 30.9. The van der Waals surface area contributed by atoms with Gasteiger partial charge in [0.15, 0.2) is 11.6 Å². The van der Waals surface area contributed by atoms with Crippen LogP contribution in [0, 0.1) is 5.41 Å². The summed E-state index contributed by atoms with van der Waals surface area (Å²) in [5, 5.41) is -0.259. The molecule has 14 heteroatoms. The molecule has 0 N–H and O–H groups in total. The number of hydrogen-bond acceptors (Lipinski definition) is 8. The molecule has 42 heavy (non-hydrogen) atoms. The lowest BCUT2D eigenvalue weighted by molar-refractivity contribution is -0.148. The number of para-hydroxylation sites is 1. The number of methoxy groups -OCH3 is 1. The van der Waals surface area contributed by atoms with E-state index < -0.39 is 51.0 Å². The molecular formula is C28H33F4N3O5S2. The van der Waals surface area contributed by atoms with Crippen molar-refractivity contribution in [1.29, 1.82) is 0 Å². The monoisotopic (exact) mass is 631 g/mol. The van der Waals surface area contributed by atoms with E-state index >= 15 is 0 Å². The van der Waals surface area contributed by atoms with Gasteiger partial charge in [0.05, 0.1) is 7.11 Å². The fourth-order valence-corrected chi connectivity index (χ4v) is 8.01. The summed E-state index contributed by atoms with van der Waals surface area (Å²) in [4.78, 5) is 18.5. The largest absolute Gasteiger partial charge is 0.490 e. The number of likely N-dealkylation sites (N-methyl/N-ethyl adjacent to an activating group) is 1. The van der Waals surface area contributed by atoms with Crippen molar-refractivity contribution in [2.45, 2.75) is 78.5 Å². The van der Waals surface area contributed by atoms with Crippen LogP contribution in [0.4, 0.5) is 29.1 Å². The summed E-state index contributed by atoms with van der Waals surface area (Å²) in [6, 6.07) is 9.32. The lowest BCUT2D eigenvalue weighted by Crippen LogP contribution is -2.41. The van der Waals surface area contributed by atoms with Crippen LogP contribution in [-0.2, 0) is 19.6 Å². The lowest BCUT2D eigenvalue weighted by atomic mass is 9.94. The Balaban J connectivity index is 1.59. The van der Waals surface area contributed by atoms with Gasteiger partial charge in [0.2, 0.25) is 21.9 Å². The number of carbonyl (C=O) groups excluding carboxylic acids is 1. The van der Waals surface area contributed by atoms with Gasteiger partial charge in [-0.25, -0.2) is 31.0 Å². The molecule has 0 radical (unpaired) electrons. The number of thioether (sulfide) groups is 1. The zero-order valence-electron chi connectivity index (χ0n) is 23.5. The van der Waals surface area contributed by atoms with Crippen LogP contribution in [0.2, 0.25) is 0 Å². The van der Waals surface area contributed by atoms with Gasteiger partial charge in [-0.3, -0.25) is 4.79 Å². The maximum Gasteiger partial charge on any atom is 0.315 e. The van der Waals surface area contributed by atoms with E-state index in [1.807, 2.05) is 0 Å². The molecule has 1 unspecified atom stereocenters. The minimum atomic E-state index is -4.27. The average molecular weight is 632 g/mol. The van der Waals surface area contributed by atoms with Gasteiger partial charge in [-0.2, -0.15) is 4.31 Å². The van der Waals surface area contributed by atoms with Crippen LogP contribution in [0.5, 0.6) is 5.75 Å². The molecule has 0 spiro atoms. The van der Waals surface area contributed by atoms with Crippen LogP contribution in [0.15, 0.2) is 46.3 Å². The molecule has 2 saturated carbocycles. The first-order valence-corrected chi connectivity index (χ1v) is 16.0. The summed E-state index contributed by atoms with van der Waals surface area (Å²) in [5.74, 6) is -6.13. The van der Waals surface area contributed by atoms with Crippen molar-refractivity contribution in [2.24, 2.45) is 5.41 Å². The topological polar surface area (TPSA) is 89.0 Å². The number of aromatic nitrogens is 1. The van der Waals surface area contributed by atoms with Gasteiger partial charge in [0.25, 0.3) is 0 Å². The van der Waals surface area contributed by atoms with E-state index in [4.69, 9.17) is 14.5 Å². The Morgan fingerprint density at radius 3 is 2.43 bits per heavy atom. The molecular weight excluding hydrogens is 598 g/mol. The van der Waals surface area contributed by atoms with Gasteiger partial charge in [0.1, 0.15) is 21.9 Å². The standard InChI is InChI=1S/C28H33F4N3O5S2/c1-26(29,30)10-9-19-16-35(18-7-5-4-6-8-18)23-22(42(37,38)34(19)2)13-21(40-17-27(11-12-27)25(36)39-3)24(33-23)41-20-14-28(31,32)15-20/h4-8,13,19-20H,9-12,14-17H2,1-3H3. The number of sulfonamides is 1. The van der Waals surface area contributed by atoms with Crippen LogP contribution in [0.1, 0.15) is 45.4 Å². The molecule has 0 amide bonds. The molecule has 230 valence electrons. The molecule has 1 atom stereocenters. The van der Waals surface area contributed by atoms with E-state index in [0.717, 1.165) is 23.0 Å². The summed E-state index contributed by atoms with van der Waals surface area (Å²) in [6.07, 6.45) is -0.299. The van der Waals surface area contributed by atoms with E-state index in [-0.39, 0.29) is 53.9 Å². The van der Waals surface area contributed by atoms with Crippen molar-refractivity contribution < 1.29 is 40.2 Å². The third kappa shape index (κ3) is 6.35. The van der Waals surface area contributed by atoms with Crippen molar-refractivity contribution in [1.82, 2.24) is 9.29 Å². The fourth-order valence-electron chi connectivity index (χ4n) is 5.15. The van der Waals surface area contributed by atoms with Crippen LogP contribution in [0.25, 0.3) is 0 Å². The van der Waals surface area contributed by atoms with E-state index in [0.29, 0.717) is 18.5 Å². The van der Waals surface area contributed by atoms with E-state index in [1.54, 1.807) is 35.2 Å². The molecule has 2 heterocycles. The number of pyridine rings is 1. The number of hydrogen-bond donors (Lipinski definition) is 0. The van der Waals surface area contributed by atoms with Crippen molar-refractivity contribution in [3.63, 3.8) is 0 Å². The number of alkyl halides is 4. The number of esters is 1. The highest BCUT2D eigenvalue weighted by molar-refractivity contribution is 8.00. The SMILES string of the molecule is COC(=O)C1(COc2cc3c(nc2SC2CC(F)(F)C2)N(c2ccccc2)CC(CCC(C)(F)F)N(C)S3(=O)=O)CC1. The summed E-state index contributed by atoms with van der Waals surface area (Å²) in [5.41, 5.74) is -0.276. The predicted molar refractivity (Wildman–Crippen MR) is 149 cm³/mol. The van der Waals surface area contributed by atoms with E-state index in [9.17, 15) is 30.8 Å². The zero-order valence-corrected chi connectivity index (χ0v) is 25.1. The number of anilines is 2. The quantitative estimate of drug-likeness (QED) is 0.237. The molecule has 1 aliphatic heterocycles. The number of fused-ring (bicyclic) bond motifs is 1. The summed E-state index contributed by atoms with van der Waals surface area (Å²) >= 11 is 1.07. The number of carbonyl (C=O) groups is 1. The lowest BCUT2D eigenvalue weighted by Gasteiger charge is -2.34. The second-order valence-corrected chi connectivity index (χ2v) is 14.7. The Bertz CT molecular complexity index is 1430. The Morgan fingerprint density at radius 2 is 1.86 bits per heavy atom. The van der Waals surface area contributed by atoms with Crippen LogP contribution < -0.4 is 9.64 Å². The molecule has 0 bridgehead atoms. The third-order valence-electron chi connectivity index (χ3n) is 8.01. The second kappa shape index (κ2) is 11.2. The summed E-state index contributed by atoms with van der Waals surface area (Å²) in [7, 11) is -1.65. The molecule has 8 nitrogen and oxygen atoms in total. The van der Waals surface area contributed by atoms with Gasteiger partial charge in [-0.05, 0) is 38.3 Å². The molecule has 1 aromatic carbocycles. The van der Waals surface area contributed by atoms with E-state index in [1.165, 1.54) is 20.2 Å². The molecule has 0 saturated heterocycles. The minimum Gasteiger partial charge on any atom is -0.490 e. The number of benzene rings is 1. The number of rotatable bonds is 10. The van der Waals surface area contributed by atoms with Gasteiger partial charge in [-0.1, -0.05) is 30.0 Å². The molecule has 2 fully saturated rings. The molecule has 2 aliphatic carbocycles. The normalized spacial score (nSPS) is 22.9. The maximum absolute atomic E-state index is 14.0. The Morgan fingerprint density at radius 1 is 1.19 bits per heavy atom. The highest BCUT2D eigenvalue weighted by Crippen LogP contribution is 2.51. The van der Waals surface area contributed by atoms with Crippen LogP contribution in [-0.4, -0.2) is 74.1 Å². The minimum absolute atomic E-state index is 0.0348. The third-order valence-corrected chi connectivity index (χ3v) is 11.1. The van der Waals surface area contributed by atoms with Crippen LogP contribution in [0.3, 0.4) is 0 Å². The predicted octanol–water partition coefficient (Wildman–Crippen LogP) is 5.88.